The first kappa shape index (κ1) is 26.2. The highest BCUT2D eigenvalue weighted by Gasteiger charge is 2.43. The summed E-state index contributed by atoms with van der Waals surface area (Å²) in [6.45, 7) is 12.1. The zero-order chi connectivity index (χ0) is 25.3. The van der Waals surface area contributed by atoms with Gasteiger partial charge in [0, 0.05) is 28.3 Å². The van der Waals surface area contributed by atoms with Crippen LogP contribution in [0.2, 0.25) is 10.0 Å². The van der Waals surface area contributed by atoms with Crippen molar-refractivity contribution in [2.75, 3.05) is 10.2 Å². The van der Waals surface area contributed by atoms with Gasteiger partial charge in [-0.25, -0.2) is 0 Å². The number of carbonyl (C=O) groups is 1. The number of hydrogen-bond donors (Lipinski definition) is 2. The molecular weight excluding hydrogens is 487 g/mol. The van der Waals surface area contributed by atoms with E-state index in [1.807, 2.05) is 47.4 Å². The van der Waals surface area contributed by atoms with Gasteiger partial charge in [-0.2, -0.15) is 0 Å². The molecule has 2 N–H and O–H groups in total. The predicted octanol–water partition coefficient (Wildman–Crippen LogP) is 6.95. The van der Waals surface area contributed by atoms with Gasteiger partial charge in [-0.3, -0.25) is 9.79 Å². The van der Waals surface area contributed by atoms with Crippen LogP contribution >= 0.6 is 35.4 Å². The number of carbonyl (C=O) groups excluding carboxylic acids is 1. The van der Waals surface area contributed by atoms with Crippen molar-refractivity contribution < 1.29 is 4.79 Å². The summed E-state index contributed by atoms with van der Waals surface area (Å²) in [5.41, 5.74) is 1.89. The lowest BCUT2D eigenvalue weighted by Crippen LogP contribution is -2.45. The van der Waals surface area contributed by atoms with Crippen molar-refractivity contribution in [3.8, 4) is 0 Å². The molecule has 0 radical (unpaired) electrons. The molecule has 1 saturated heterocycles. The minimum absolute atomic E-state index is 0.109. The largest absolute Gasteiger partial charge is 0.326 e. The average Bonchev–Trinajstić information content (AvgIpc) is 2.93. The molecule has 34 heavy (non-hydrogen) atoms. The van der Waals surface area contributed by atoms with Crippen molar-refractivity contribution in [3.63, 3.8) is 0 Å². The summed E-state index contributed by atoms with van der Waals surface area (Å²) in [6.07, 6.45) is 4.05. The second-order valence-corrected chi connectivity index (χ2v) is 11.1. The Morgan fingerprint density at radius 1 is 1.18 bits per heavy atom. The van der Waals surface area contributed by atoms with Crippen LogP contribution in [0.25, 0.3) is 6.08 Å². The standard InChI is InChI=1S/C26H30Cl2N4OS/c1-16(33)29-19-10-12-20(13-11-19)32-24(34)31-23(26(32,5)6)30-22(25(2,3)4)14-8-17-7-9-18(27)15-21(17)28/h7-15,22H,1-6H3,(H,29,33)(H,30,31,34)/b14-8+. The van der Waals surface area contributed by atoms with Gasteiger partial charge in [0.2, 0.25) is 5.91 Å². The van der Waals surface area contributed by atoms with Crippen molar-refractivity contribution >= 4 is 69.7 Å². The van der Waals surface area contributed by atoms with E-state index >= 15 is 0 Å². The third-order valence-corrected chi connectivity index (χ3v) is 6.44. The molecule has 8 heteroatoms. The number of halogens is 2. The van der Waals surface area contributed by atoms with Gasteiger partial charge in [-0.1, -0.05) is 62.2 Å². The second kappa shape index (κ2) is 10.1. The lowest BCUT2D eigenvalue weighted by molar-refractivity contribution is -0.114. The molecule has 2 aromatic carbocycles. The maximum atomic E-state index is 11.3. The number of amidine groups is 1. The van der Waals surface area contributed by atoms with Crippen LogP contribution in [0.15, 0.2) is 53.5 Å². The summed E-state index contributed by atoms with van der Waals surface area (Å²) in [7, 11) is 0. The van der Waals surface area contributed by atoms with Crippen LogP contribution in [0.1, 0.15) is 47.1 Å². The summed E-state index contributed by atoms with van der Waals surface area (Å²) in [5, 5.41) is 7.88. The Bertz CT molecular complexity index is 1150. The topological polar surface area (TPSA) is 56.7 Å². The van der Waals surface area contributed by atoms with E-state index in [0.717, 1.165) is 22.8 Å². The van der Waals surface area contributed by atoms with Crippen molar-refractivity contribution in [3.05, 3.63) is 64.1 Å². The minimum Gasteiger partial charge on any atom is -0.326 e. The first-order valence-corrected chi connectivity index (χ1v) is 12.2. The highest BCUT2D eigenvalue weighted by atomic mass is 35.5. The lowest BCUT2D eigenvalue weighted by Gasteiger charge is -2.32. The number of anilines is 2. The van der Waals surface area contributed by atoms with Crippen LogP contribution in [-0.4, -0.2) is 28.4 Å². The van der Waals surface area contributed by atoms with E-state index in [1.165, 1.54) is 6.92 Å². The summed E-state index contributed by atoms with van der Waals surface area (Å²) in [6, 6.07) is 12.9. The minimum atomic E-state index is -0.498. The Kier molecular flexibility index (Phi) is 7.75. The molecule has 0 spiro atoms. The number of thiocarbonyl (C=S) groups is 1. The Balaban J connectivity index is 1.92. The van der Waals surface area contributed by atoms with Gasteiger partial charge in [0.15, 0.2) is 5.11 Å². The average molecular weight is 518 g/mol. The summed E-state index contributed by atoms with van der Waals surface area (Å²) in [4.78, 5) is 18.5. The van der Waals surface area contributed by atoms with E-state index < -0.39 is 5.54 Å². The normalized spacial score (nSPS) is 17.8. The molecule has 1 aliphatic heterocycles. The van der Waals surface area contributed by atoms with Crippen LogP contribution in [0.5, 0.6) is 0 Å². The number of amides is 1. The van der Waals surface area contributed by atoms with Crippen molar-refractivity contribution in [2.45, 2.75) is 53.1 Å². The van der Waals surface area contributed by atoms with Gasteiger partial charge >= 0.3 is 0 Å². The summed E-state index contributed by atoms with van der Waals surface area (Å²) in [5.74, 6) is 0.678. The SMILES string of the molecule is CC(=O)Nc1ccc(N2C(=S)NC(=NC(/C=C/c3ccc(Cl)cc3Cl)C(C)(C)C)C2(C)C)cc1. The molecule has 2 aromatic rings. The first-order valence-electron chi connectivity index (χ1n) is 11.0. The van der Waals surface area contributed by atoms with Crippen LogP contribution in [0.3, 0.4) is 0 Å². The highest BCUT2D eigenvalue weighted by molar-refractivity contribution is 7.80. The Hall–Kier alpha value is -2.41. The molecule has 180 valence electrons. The van der Waals surface area contributed by atoms with Crippen molar-refractivity contribution in [1.82, 2.24) is 5.32 Å². The summed E-state index contributed by atoms with van der Waals surface area (Å²) >= 11 is 18.1. The van der Waals surface area contributed by atoms with E-state index in [4.69, 9.17) is 40.4 Å². The van der Waals surface area contributed by atoms with Gasteiger partial charge in [0.05, 0.1) is 11.6 Å². The van der Waals surface area contributed by atoms with E-state index in [1.54, 1.807) is 6.07 Å². The zero-order valence-corrected chi connectivity index (χ0v) is 22.6. The maximum absolute atomic E-state index is 11.3. The van der Waals surface area contributed by atoms with E-state index in [2.05, 4.69) is 51.3 Å². The van der Waals surface area contributed by atoms with Gasteiger partial charge in [-0.05, 0) is 73.4 Å². The van der Waals surface area contributed by atoms with Crippen LogP contribution in [-0.2, 0) is 4.79 Å². The number of aliphatic imine (C=N–C) groups is 1. The third-order valence-electron chi connectivity index (χ3n) is 5.59. The number of nitrogens with one attached hydrogen (secondary N) is 2. The molecule has 5 nitrogen and oxygen atoms in total. The molecular formula is C26H30Cl2N4OS. The molecule has 1 atom stereocenters. The van der Waals surface area contributed by atoms with Gasteiger partial charge in [-0.15, -0.1) is 0 Å². The number of benzene rings is 2. The zero-order valence-electron chi connectivity index (χ0n) is 20.2. The van der Waals surface area contributed by atoms with Crippen molar-refractivity contribution in [2.24, 2.45) is 10.4 Å². The smallest absolute Gasteiger partial charge is 0.221 e. The second-order valence-electron chi connectivity index (χ2n) is 9.87. The Labute approximate surface area is 217 Å². The van der Waals surface area contributed by atoms with Gasteiger partial charge in [0.25, 0.3) is 0 Å². The molecule has 3 rings (SSSR count). The van der Waals surface area contributed by atoms with Gasteiger partial charge in [0.1, 0.15) is 5.84 Å². The molecule has 0 bridgehead atoms. The van der Waals surface area contributed by atoms with Crippen molar-refractivity contribution in [1.29, 1.82) is 0 Å². The van der Waals surface area contributed by atoms with Crippen LogP contribution in [0, 0.1) is 5.41 Å². The number of nitrogens with zero attached hydrogens (tertiary/aromatic N) is 2. The Morgan fingerprint density at radius 2 is 1.82 bits per heavy atom. The third kappa shape index (κ3) is 5.98. The molecule has 1 aliphatic rings. The highest BCUT2D eigenvalue weighted by Crippen LogP contribution is 2.33. The predicted molar refractivity (Wildman–Crippen MR) is 149 cm³/mol. The molecule has 1 amide bonds. The van der Waals surface area contributed by atoms with Crippen LogP contribution in [0.4, 0.5) is 11.4 Å². The maximum Gasteiger partial charge on any atom is 0.221 e. The van der Waals surface area contributed by atoms with E-state index in [0.29, 0.717) is 15.2 Å². The fourth-order valence-corrected chi connectivity index (χ4v) is 4.59. The quantitative estimate of drug-likeness (QED) is 0.422. The Morgan fingerprint density at radius 3 is 2.38 bits per heavy atom. The van der Waals surface area contributed by atoms with Crippen LogP contribution < -0.4 is 15.5 Å². The molecule has 0 aliphatic carbocycles. The summed E-state index contributed by atoms with van der Waals surface area (Å²) < 4.78 is 0. The first-order chi connectivity index (χ1) is 15.8. The van der Waals surface area contributed by atoms with Gasteiger partial charge < -0.3 is 15.5 Å². The monoisotopic (exact) mass is 516 g/mol. The molecule has 1 heterocycles. The fourth-order valence-electron chi connectivity index (χ4n) is 3.69. The molecule has 1 unspecified atom stereocenters. The lowest BCUT2D eigenvalue weighted by atomic mass is 9.86. The van der Waals surface area contributed by atoms with E-state index in [9.17, 15) is 4.79 Å². The number of hydrogen-bond acceptors (Lipinski definition) is 3. The molecule has 0 aromatic heterocycles. The molecule has 0 saturated carbocycles. The fraction of sp³-hybridized carbons (Fsp3) is 0.346. The molecule has 1 fully saturated rings. The van der Waals surface area contributed by atoms with E-state index in [-0.39, 0.29) is 17.4 Å². The number of rotatable bonds is 5.